The van der Waals surface area contributed by atoms with E-state index in [9.17, 15) is 19.8 Å². The van der Waals surface area contributed by atoms with Crippen LogP contribution in [0.2, 0.25) is 5.02 Å². The lowest BCUT2D eigenvalue weighted by atomic mass is 9.43. The zero-order valence-electron chi connectivity index (χ0n) is 19.7. The topological polar surface area (TPSA) is 93.1 Å². The molecule has 8 atom stereocenters. The highest BCUT2D eigenvalue weighted by Gasteiger charge is 2.70. The van der Waals surface area contributed by atoms with Crippen LogP contribution < -0.4 is 4.74 Å². The quantitative estimate of drug-likeness (QED) is 0.373. The number of hydrogen-bond acceptors (Lipinski definition) is 6. The van der Waals surface area contributed by atoms with Crippen LogP contribution in [0.3, 0.4) is 0 Å². The molecule has 0 radical (unpaired) electrons. The Morgan fingerprint density at radius 3 is 2.32 bits per heavy atom. The van der Waals surface area contributed by atoms with E-state index in [-0.39, 0.29) is 45.8 Å². The molecule has 34 heavy (non-hydrogen) atoms. The van der Waals surface area contributed by atoms with E-state index >= 15 is 0 Å². The number of carbonyl (C=O) groups is 2. The number of aromatic hydroxyl groups is 1. The summed E-state index contributed by atoms with van der Waals surface area (Å²) in [6.45, 7) is 9.40. The van der Waals surface area contributed by atoms with Crippen molar-refractivity contribution in [3.63, 3.8) is 0 Å². The number of phenols is 1. The molecule has 2 heterocycles. The summed E-state index contributed by atoms with van der Waals surface area (Å²) in [6.07, 6.45) is -0.185. The number of alkyl halides is 2. The molecule has 186 valence electrons. The Kier molecular flexibility index (Phi) is 5.33. The molecule has 1 aromatic carbocycles. The lowest BCUT2D eigenvalue weighted by Gasteiger charge is -2.66. The number of rotatable bonds is 0. The number of carbonyl (C=O) groups excluding carboxylic acids is 2. The van der Waals surface area contributed by atoms with E-state index in [1.54, 1.807) is 6.92 Å². The number of esters is 1. The van der Waals surface area contributed by atoms with Gasteiger partial charge in [0, 0.05) is 23.3 Å². The van der Waals surface area contributed by atoms with Crippen molar-refractivity contribution < 1.29 is 29.3 Å². The Balaban J connectivity index is 1.74. The number of ketones is 1. The van der Waals surface area contributed by atoms with Gasteiger partial charge in [0.1, 0.15) is 33.4 Å². The highest BCUT2D eigenvalue weighted by atomic mass is 35.5. The van der Waals surface area contributed by atoms with Gasteiger partial charge in [0.2, 0.25) is 0 Å². The summed E-state index contributed by atoms with van der Waals surface area (Å²) < 4.78 is 11.8. The summed E-state index contributed by atoms with van der Waals surface area (Å²) in [5.74, 6) is -1.42. The number of aliphatic hydroxyl groups is 1. The summed E-state index contributed by atoms with van der Waals surface area (Å²) in [4.78, 5) is 25.8. The molecule has 8 unspecified atom stereocenters. The van der Waals surface area contributed by atoms with Gasteiger partial charge in [-0.2, -0.15) is 0 Å². The third kappa shape index (κ3) is 2.86. The molecule has 2 saturated carbocycles. The lowest BCUT2D eigenvalue weighted by molar-refractivity contribution is -0.210. The normalized spacial score (nSPS) is 42.5. The van der Waals surface area contributed by atoms with Crippen LogP contribution in [0.4, 0.5) is 0 Å². The zero-order valence-corrected chi connectivity index (χ0v) is 22.0. The molecule has 2 fully saturated rings. The average molecular weight is 532 g/mol. The van der Waals surface area contributed by atoms with Gasteiger partial charge >= 0.3 is 5.97 Å². The van der Waals surface area contributed by atoms with Gasteiger partial charge in [-0.05, 0) is 43.6 Å². The highest BCUT2D eigenvalue weighted by Crippen LogP contribution is 2.66. The number of benzene rings is 1. The second-order valence-corrected chi connectivity index (χ2v) is 12.7. The highest BCUT2D eigenvalue weighted by molar-refractivity contribution is 6.39. The molecule has 2 aliphatic carbocycles. The van der Waals surface area contributed by atoms with Crippen molar-refractivity contribution in [1.29, 1.82) is 0 Å². The van der Waals surface area contributed by atoms with E-state index in [2.05, 4.69) is 0 Å². The van der Waals surface area contributed by atoms with Crippen molar-refractivity contribution in [2.24, 2.45) is 22.7 Å². The molecular weight excluding hydrogens is 503 g/mol. The zero-order chi connectivity index (χ0) is 25.1. The number of halogens is 3. The average Bonchev–Trinajstić information content (AvgIpc) is 2.76. The maximum atomic E-state index is 13.1. The van der Waals surface area contributed by atoms with E-state index in [0.717, 1.165) is 0 Å². The van der Waals surface area contributed by atoms with E-state index in [4.69, 9.17) is 44.3 Å². The Labute approximate surface area is 213 Å². The number of aliphatic hydroxyl groups excluding tert-OH is 1. The number of ether oxygens (including phenoxy) is 2. The van der Waals surface area contributed by atoms with Crippen LogP contribution in [0.1, 0.15) is 62.5 Å². The van der Waals surface area contributed by atoms with Crippen LogP contribution in [0, 0.1) is 22.7 Å². The molecule has 0 saturated heterocycles. The molecular formula is C25H29Cl3O6. The van der Waals surface area contributed by atoms with Crippen molar-refractivity contribution in [3.05, 3.63) is 21.7 Å². The maximum Gasteiger partial charge on any atom is 0.342 e. The van der Waals surface area contributed by atoms with Crippen LogP contribution in [0.5, 0.6) is 11.5 Å². The van der Waals surface area contributed by atoms with E-state index < -0.39 is 39.3 Å². The third-order valence-electron chi connectivity index (χ3n) is 9.24. The summed E-state index contributed by atoms with van der Waals surface area (Å²) in [5, 5.41) is 20.5. The largest absolute Gasteiger partial charge is 0.505 e. The van der Waals surface area contributed by atoms with Crippen molar-refractivity contribution >= 4 is 46.6 Å². The number of hydrogen-bond donors (Lipinski definition) is 2. The number of cyclic esters (lactones) is 1. The van der Waals surface area contributed by atoms with Crippen LogP contribution in [-0.4, -0.2) is 50.5 Å². The Morgan fingerprint density at radius 1 is 1.03 bits per heavy atom. The van der Waals surface area contributed by atoms with Crippen LogP contribution in [0.25, 0.3) is 0 Å². The SMILES string of the molecule is CC1Cc2c3c(c(Cl)c(O)c2C(=O)O1)OC1(C)C(O)CC2C(C)(C)C(=O)C(Cl)C(Cl)C2(C)C1C3. The lowest BCUT2D eigenvalue weighted by Crippen LogP contribution is -2.73. The van der Waals surface area contributed by atoms with Crippen molar-refractivity contribution in [2.75, 3.05) is 0 Å². The third-order valence-corrected chi connectivity index (χ3v) is 10.9. The Bertz CT molecular complexity index is 1120. The fourth-order valence-corrected chi connectivity index (χ4v) is 8.56. The fraction of sp³-hybridized carbons (Fsp3) is 0.680. The van der Waals surface area contributed by atoms with E-state index in [1.165, 1.54) is 0 Å². The molecule has 4 aliphatic rings. The predicted molar refractivity (Wildman–Crippen MR) is 128 cm³/mol. The summed E-state index contributed by atoms with van der Waals surface area (Å²) in [7, 11) is 0. The fourth-order valence-electron chi connectivity index (χ4n) is 7.34. The summed E-state index contributed by atoms with van der Waals surface area (Å²) in [6, 6.07) is 0. The molecule has 1 aromatic rings. The smallest absolute Gasteiger partial charge is 0.342 e. The predicted octanol–water partition coefficient (Wildman–Crippen LogP) is 4.67. The van der Waals surface area contributed by atoms with E-state index in [0.29, 0.717) is 30.4 Å². The molecule has 6 nitrogen and oxygen atoms in total. The second kappa shape index (κ2) is 7.41. The van der Waals surface area contributed by atoms with Crippen LogP contribution in [-0.2, 0) is 22.4 Å². The monoisotopic (exact) mass is 530 g/mol. The number of phenolic OH excluding ortho intramolecular Hbond substituents is 1. The van der Waals surface area contributed by atoms with Crippen LogP contribution in [0.15, 0.2) is 0 Å². The van der Waals surface area contributed by atoms with Crippen molar-refractivity contribution in [2.45, 2.75) is 82.4 Å². The first-order valence-electron chi connectivity index (χ1n) is 11.6. The molecule has 5 rings (SSSR count). The minimum atomic E-state index is -1.09. The standard InChI is InChI=1S/C25H29Cl3O6/c1-9-6-10-11-7-13-24(4)12(23(2,3)21(31)17(27)20(24)28)8-14(29)25(13,5)34-19(11)16(26)18(30)15(10)22(32)33-9/h9,12-14,17,20,29-30H,6-8H2,1-5H3. The minimum absolute atomic E-state index is 0.0592. The van der Waals surface area contributed by atoms with Gasteiger partial charge in [0.15, 0.2) is 11.5 Å². The minimum Gasteiger partial charge on any atom is -0.505 e. The van der Waals surface area contributed by atoms with Gasteiger partial charge in [-0.3, -0.25) is 4.79 Å². The molecule has 0 bridgehead atoms. The van der Waals surface area contributed by atoms with Gasteiger partial charge in [-0.25, -0.2) is 4.79 Å². The van der Waals surface area contributed by atoms with Crippen LogP contribution >= 0.6 is 34.8 Å². The molecule has 9 heteroatoms. The number of Topliss-reactive ketones (excluding diaryl/α,β-unsaturated/α-hetero) is 1. The first-order valence-corrected chi connectivity index (χ1v) is 12.9. The second-order valence-electron chi connectivity index (χ2n) is 11.3. The van der Waals surface area contributed by atoms with Crippen molar-refractivity contribution in [1.82, 2.24) is 0 Å². The number of fused-ring (bicyclic) bond motifs is 6. The molecule has 2 aliphatic heterocycles. The van der Waals surface area contributed by atoms with Gasteiger partial charge < -0.3 is 19.7 Å². The first-order chi connectivity index (χ1) is 15.7. The van der Waals surface area contributed by atoms with Gasteiger partial charge in [-0.15, -0.1) is 23.2 Å². The van der Waals surface area contributed by atoms with Gasteiger partial charge in [0.05, 0.1) is 11.5 Å². The summed E-state index contributed by atoms with van der Waals surface area (Å²) >= 11 is 20.1. The van der Waals surface area contributed by atoms with Crippen molar-refractivity contribution in [3.8, 4) is 11.5 Å². The molecule has 0 spiro atoms. The maximum absolute atomic E-state index is 13.1. The molecule has 0 aromatic heterocycles. The van der Waals surface area contributed by atoms with E-state index in [1.807, 2.05) is 27.7 Å². The summed E-state index contributed by atoms with van der Waals surface area (Å²) in [5.41, 5.74) is -1.15. The van der Waals surface area contributed by atoms with Gasteiger partial charge in [0.25, 0.3) is 0 Å². The first kappa shape index (κ1) is 24.5. The molecule has 0 amide bonds. The van der Waals surface area contributed by atoms with Gasteiger partial charge in [-0.1, -0.05) is 32.4 Å². The Morgan fingerprint density at radius 2 is 1.68 bits per heavy atom. The Hall–Kier alpha value is -1.21. The molecule has 2 N–H and O–H groups in total.